The summed E-state index contributed by atoms with van der Waals surface area (Å²) in [6.07, 6.45) is 7.18. The number of hydrogen-bond acceptors (Lipinski definition) is 5. The van der Waals surface area contributed by atoms with Crippen molar-refractivity contribution >= 4 is 34.0 Å². The third-order valence-corrected chi connectivity index (χ3v) is 6.11. The van der Waals surface area contributed by atoms with Crippen LogP contribution in [0, 0.1) is 5.92 Å². The van der Waals surface area contributed by atoms with Gasteiger partial charge in [0.2, 0.25) is 5.91 Å². The van der Waals surface area contributed by atoms with Crippen LogP contribution in [0.2, 0.25) is 0 Å². The molecule has 2 aromatic heterocycles. The lowest BCUT2D eigenvalue weighted by Crippen LogP contribution is -2.36. The summed E-state index contributed by atoms with van der Waals surface area (Å²) >= 11 is 1.40. The Balaban J connectivity index is 1.35. The van der Waals surface area contributed by atoms with Crippen LogP contribution in [0.5, 0.6) is 0 Å². The number of aryl methyl sites for hydroxylation is 1. The smallest absolute Gasteiger partial charge is 0.257 e. The van der Waals surface area contributed by atoms with Crippen molar-refractivity contribution in [3.05, 3.63) is 59.2 Å². The molecule has 2 aliphatic rings. The van der Waals surface area contributed by atoms with E-state index >= 15 is 0 Å². The SMILES string of the molecule is O=C(Nc1nc(-c2ccc3c(c2)CCCN3C(=O)C2CC2)cs1)c1ccncc1. The molecule has 0 radical (unpaired) electrons. The molecule has 146 valence electrons. The van der Waals surface area contributed by atoms with Crippen molar-refractivity contribution in [2.45, 2.75) is 25.7 Å². The van der Waals surface area contributed by atoms with Crippen LogP contribution < -0.4 is 10.2 Å². The molecule has 1 N–H and O–H groups in total. The Bertz CT molecular complexity index is 1080. The molecule has 6 nitrogen and oxygen atoms in total. The predicted molar refractivity (Wildman–Crippen MR) is 113 cm³/mol. The summed E-state index contributed by atoms with van der Waals surface area (Å²) < 4.78 is 0. The van der Waals surface area contributed by atoms with Crippen molar-refractivity contribution in [3.63, 3.8) is 0 Å². The van der Waals surface area contributed by atoms with E-state index in [9.17, 15) is 9.59 Å². The second kappa shape index (κ2) is 7.40. The number of amides is 2. The highest BCUT2D eigenvalue weighted by Crippen LogP contribution is 2.37. The van der Waals surface area contributed by atoms with Gasteiger partial charge in [-0.3, -0.25) is 19.9 Å². The van der Waals surface area contributed by atoms with E-state index in [0.717, 1.165) is 49.2 Å². The van der Waals surface area contributed by atoms with Crippen molar-refractivity contribution in [2.24, 2.45) is 5.92 Å². The first-order valence-corrected chi connectivity index (χ1v) is 10.7. The molecule has 1 saturated carbocycles. The summed E-state index contributed by atoms with van der Waals surface area (Å²) in [7, 11) is 0. The van der Waals surface area contributed by atoms with E-state index in [4.69, 9.17) is 0 Å². The van der Waals surface area contributed by atoms with E-state index in [0.29, 0.717) is 10.7 Å². The number of aromatic nitrogens is 2. The second-order valence-corrected chi connectivity index (χ2v) is 8.30. The topological polar surface area (TPSA) is 75.2 Å². The largest absolute Gasteiger partial charge is 0.312 e. The Hall–Kier alpha value is -3.06. The molecule has 0 spiro atoms. The molecule has 0 bridgehead atoms. The van der Waals surface area contributed by atoms with Gasteiger partial charge in [-0.2, -0.15) is 0 Å². The third kappa shape index (κ3) is 3.65. The van der Waals surface area contributed by atoms with Gasteiger partial charge < -0.3 is 4.90 Å². The molecule has 1 fully saturated rings. The predicted octanol–water partition coefficient (Wildman–Crippen LogP) is 4.15. The van der Waals surface area contributed by atoms with Crippen LogP contribution in [0.4, 0.5) is 10.8 Å². The Morgan fingerprint density at radius 2 is 1.97 bits per heavy atom. The minimum atomic E-state index is -0.201. The van der Waals surface area contributed by atoms with Crippen molar-refractivity contribution < 1.29 is 9.59 Å². The lowest BCUT2D eigenvalue weighted by atomic mass is 9.98. The Kier molecular flexibility index (Phi) is 4.60. The molecule has 29 heavy (non-hydrogen) atoms. The highest BCUT2D eigenvalue weighted by atomic mass is 32.1. The maximum Gasteiger partial charge on any atom is 0.257 e. The van der Waals surface area contributed by atoms with Gasteiger partial charge in [0.15, 0.2) is 5.13 Å². The van der Waals surface area contributed by atoms with Crippen LogP contribution in [0.1, 0.15) is 35.2 Å². The fraction of sp³-hybridized carbons (Fsp3) is 0.273. The molecular weight excluding hydrogens is 384 g/mol. The molecule has 0 saturated heterocycles. The Labute approximate surface area is 172 Å². The molecule has 1 aromatic carbocycles. The van der Waals surface area contributed by atoms with Crippen molar-refractivity contribution in [3.8, 4) is 11.3 Å². The number of fused-ring (bicyclic) bond motifs is 1. The number of anilines is 2. The van der Waals surface area contributed by atoms with Crippen LogP contribution in [-0.4, -0.2) is 28.3 Å². The third-order valence-electron chi connectivity index (χ3n) is 5.35. The van der Waals surface area contributed by atoms with E-state index in [1.807, 2.05) is 22.4 Å². The zero-order chi connectivity index (χ0) is 19.8. The maximum absolute atomic E-state index is 12.6. The molecule has 0 unspecified atom stereocenters. The van der Waals surface area contributed by atoms with E-state index in [2.05, 4.69) is 21.4 Å². The van der Waals surface area contributed by atoms with E-state index < -0.39 is 0 Å². The number of hydrogen-bond donors (Lipinski definition) is 1. The summed E-state index contributed by atoms with van der Waals surface area (Å²) in [5.74, 6) is 0.298. The number of thiazole rings is 1. The number of rotatable bonds is 4. The van der Waals surface area contributed by atoms with Crippen LogP contribution in [0.15, 0.2) is 48.1 Å². The summed E-state index contributed by atoms with van der Waals surface area (Å²) in [6, 6.07) is 9.52. The Morgan fingerprint density at radius 3 is 2.76 bits per heavy atom. The summed E-state index contributed by atoms with van der Waals surface area (Å²) in [5, 5.41) is 5.34. The van der Waals surface area contributed by atoms with E-state index in [1.54, 1.807) is 24.5 Å². The van der Waals surface area contributed by atoms with Crippen LogP contribution in [0.3, 0.4) is 0 Å². The van der Waals surface area contributed by atoms with Crippen LogP contribution in [-0.2, 0) is 11.2 Å². The van der Waals surface area contributed by atoms with Crippen molar-refractivity contribution in [1.29, 1.82) is 0 Å². The van der Waals surface area contributed by atoms with Gasteiger partial charge in [0.1, 0.15) is 0 Å². The molecule has 3 heterocycles. The van der Waals surface area contributed by atoms with Gasteiger partial charge in [0, 0.05) is 47.1 Å². The van der Waals surface area contributed by atoms with Crippen LogP contribution >= 0.6 is 11.3 Å². The van der Waals surface area contributed by atoms with Gasteiger partial charge in [-0.1, -0.05) is 6.07 Å². The van der Waals surface area contributed by atoms with Gasteiger partial charge in [-0.15, -0.1) is 11.3 Å². The first-order valence-electron chi connectivity index (χ1n) is 9.80. The second-order valence-electron chi connectivity index (χ2n) is 7.44. The molecule has 5 rings (SSSR count). The fourth-order valence-electron chi connectivity index (χ4n) is 3.67. The fourth-order valence-corrected chi connectivity index (χ4v) is 4.39. The number of pyridine rings is 1. The van der Waals surface area contributed by atoms with Gasteiger partial charge in [0.25, 0.3) is 5.91 Å². The molecule has 1 aliphatic carbocycles. The summed E-state index contributed by atoms with van der Waals surface area (Å²) in [4.78, 5) is 35.3. The highest BCUT2D eigenvalue weighted by molar-refractivity contribution is 7.14. The average molecular weight is 404 g/mol. The first kappa shape index (κ1) is 18.0. The van der Waals surface area contributed by atoms with Gasteiger partial charge >= 0.3 is 0 Å². The van der Waals surface area contributed by atoms with Gasteiger partial charge in [-0.05, 0) is 55.5 Å². The minimum absolute atomic E-state index is 0.201. The Morgan fingerprint density at radius 1 is 1.14 bits per heavy atom. The quantitative estimate of drug-likeness (QED) is 0.709. The monoisotopic (exact) mass is 404 g/mol. The number of nitrogens with zero attached hydrogens (tertiary/aromatic N) is 3. The highest BCUT2D eigenvalue weighted by Gasteiger charge is 2.35. The average Bonchev–Trinajstić information content (AvgIpc) is 3.52. The number of carbonyl (C=O) groups excluding carboxylic acids is 2. The molecule has 2 amide bonds. The number of nitrogens with one attached hydrogen (secondary N) is 1. The number of benzene rings is 1. The number of carbonyl (C=O) groups is 2. The van der Waals surface area contributed by atoms with Gasteiger partial charge in [-0.25, -0.2) is 4.98 Å². The maximum atomic E-state index is 12.6. The lowest BCUT2D eigenvalue weighted by Gasteiger charge is -2.30. The summed E-state index contributed by atoms with van der Waals surface area (Å²) in [5.41, 5.74) is 4.61. The molecule has 0 atom stereocenters. The van der Waals surface area contributed by atoms with Crippen molar-refractivity contribution in [1.82, 2.24) is 9.97 Å². The minimum Gasteiger partial charge on any atom is -0.312 e. The van der Waals surface area contributed by atoms with Crippen molar-refractivity contribution in [2.75, 3.05) is 16.8 Å². The standard InChI is InChI=1S/C22H20N4O2S/c27-20(14-7-9-23-10-8-14)25-22-24-18(13-29-22)16-5-6-19-17(12-16)2-1-11-26(19)21(28)15-3-4-15/h5-10,12-13,15H,1-4,11H2,(H,24,25,27). The molecule has 3 aromatic rings. The van der Waals surface area contributed by atoms with E-state index in [1.165, 1.54) is 16.9 Å². The zero-order valence-corrected chi connectivity index (χ0v) is 16.6. The zero-order valence-electron chi connectivity index (χ0n) is 15.8. The first-order chi connectivity index (χ1) is 14.2. The van der Waals surface area contributed by atoms with E-state index in [-0.39, 0.29) is 17.7 Å². The molecular formula is C22H20N4O2S. The molecule has 7 heteroatoms. The van der Waals surface area contributed by atoms with Crippen LogP contribution in [0.25, 0.3) is 11.3 Å². The summed E-state index contributed by atoms with van der Waals surface area (Å²) in [6.45, 7) is 0.809. The van der Waals surface area contributed by atoms with Gasteiger partial charge in [0.05, 0.1) is 5.69 Å². The molecule has 1 aliphatic heterocycles. The normalized spacial score (nSPS) is 15.7. The lowest BCUT2D eigenvalue weighted by molar-refractivity contribution is -0.119.